The number of fused-ring (bicyclic) bond motifs is 1. The molecule has 0 radical (unpaired) electrons. The van der Waals surface area contributed by atoms with Crippen molar-refractivity contribution in [3.63, 3.8) is 0 Å². The number of anilines is 2. The molecule has 0 saturated heterocycles. The van der Waals surface area contributed by atoms with Crippen LogP contribution in [0.1, 0.15) is 36.0 Å². The molecule has 3 aromatic rings. The summed E-state index contributed by atoms with van der Waals surface area (Å²) in [5, 5.41) is 6.75. The molecule has 28 heavy (non-hydrogen) atoms. The summed E-state index contributed by atoms with van der Waals surface area (Å²) in [5.41, 5.74) is 8.76. The number of amides is 2. The number of benzene rings is 2. The molecule has 0 spiro atoms. The molecule has 0 aliphatic rings. The van der Waals surface area contributed by atoms with Crippen LogP contribution in [0, 0.1) is 0 Å². The van der Waals surface area contributed by atoms with Crippen LogP contribution in [-0.4, -0.2) is 22.9 Å². The van der Waals surface area contributed by atoms with Gasteiger partial charge in [0.1, 0.15) is 0 Å². The lowest BCUT2D eigenvalue weighted by Gasteiger charge is -2.08. The normalized spacial score (nSPS) is 10.8. The van der Waals surface area contributed by atoms with E-state index in [1.165, 1.54) is 0 Å². The molecule has 0 aliphatic heterocycles. The Hall–Kier alpha value is -3.28. The maximum atomic E-state index is 12.4. The van der Waals surface area contributed by atoms with E-state index in [9.17, 15) is 9.59 Å². The van der Waals surface area contributed by atoms with Gasteiger partial charge in [0.15, 0.2) is 0 Å². The van der Waals surface area contributed by atoms with Crippen molar-refractivity contribution < 1.29 is 9.59 Å². The van der Waals surface area contributed by atoms with Crippen molar-refractivity contribution in [1.29, 1.82) is 0 Å². The van der Waals surface area contributed by atoms with E-state index < -0.39 is 0 Å². The summed E-state index contributed by atoms with van der Waals surface area (Å²) in [6, 6.07) is 14.9. The second-order valence-electron chi connectivity index (χ2n) is 6.87. The van der Waals surface area contributed by atoms with Crippen molar-refractivity contribution in [2.24, 2.45) is 7.05 Å². The zero-order chi connectivity index (χ0) is 19.9. The number of nitrogens with one attached hydrogen (secondary N) is 2. The van der Waals surface area contributed by atoms with E-state index in [2.05, 4.69) is 10.6 Å². The third-order valence-electron chi connectivity index (χ3n) is 4.77. The molecular weight excluding hydrogens is 352 g/mol. The van der Waals surface area contributed by atoms with E-state index in [1.807, 2.05) is 54.2 Å². The molecule has 0 bridgehead atoms. The number of hydrogen-bond acceptors (Lipinski definition) is 3. The Morgan fingerprint density at radius 1 is 1.00 bits per heavy atom. The first kappa shape index (κ1) is 19.5. The van der Waals surface area contributed by atoms with Crippen LogP contribution in [0.3, 0.4) is 0 Å². The van der Waals surface area contributed by atoms with Gasteiger partial charge in [0, 0.05) is 42.7 Å². The van der Waals surface area contributed by atoms with E-state index in [0.717, 1.165) is 30.2 Å². The highest BCUT2D eigenvalue weighted by atomic mass is 16.2. The van der Waals surface area contributed by atoms with Gasteiger partial charge in [-0.15, -0.1) is 0 Å². The van der Waals surface area contributed by atoms with Gasteiger partial charge in [0.25, 0.3) is 5.91 Å². The summed E-state index contributed by atoms with van der Waals surface area (Å²) in [7, 11) is 1.96. The highest BCUT2D eigenvalue weighted by Crippen LogP contribution is 2.19. The third kappa shape index (κ3) is 4.71. The Morgan fingerprint density at radius 3 is 2.64 bits per heavy atom. The van der Waals surface area contributed by atoms with Crippen molar-refractivity contribution in [2.45, 2.75) is 25.7 Å². The molecule has 0 fully saturated rings. The van der Waals surface area contributed by atoms with Gasteiger partial charge in [-0.25, -0.2) is 0 Å². The molecule has 146 valence electrons. The van der Waals surface area contributed by atoms with Crippen molar-refractivity contribution in [3.8, 4) is 0 Å². The van der Waals surface area contributed by atoms with Crippen molar-refractivity contribution in [1.82, 2.24) is 9.88 Å². The maximum absolute atomic E-state index is 12.4. The second-order valence-corrected chi connectivity index (χ2v) is 6.87. The van der Waals surface area contributed by atoms with E-state index in [0.29, 0.717) is 29.9 Å². The zero-order valence-corrected chi connectivity index (χ0v) is 16.1. The SMILES string of the molecule is Cn1ccc2c(C(=O)NCCCCCC(=O)Nc3ccccc3N)cccc21. The van der Waals surface area contributed by atoms with Gasteiger partial charge in [-0.05, 0) is 43.2 Å². The van der Waals surface area contributed by atoms with Crippen LogP contribution < -0.4 is 16.4 Å². The minimum atomic E-state index is -0.0610. The van der Waals surface area contributed by atoms with Crippen LogP contribution in [0.4, 0.5) is 11.4 Å². The number of hydrogen-bond donors (Lipinski definition) is 3. The quantitative estimate of drug-likeness (QED) is 0.412. The first-order valence-electron chi connectivity index (χ1n) is 9.53. The lowest BCUT2D eigenvalue weighted by molar-refractivity contribution is -0.116. The van der Waals surface area contributed by atoms with Crippen molar-refractivity contribution in [3.05, 3.63) is 60.3 Å². The van der Waals surface area contributed by atoms with E-state index >= 15 is 0 Å². The number of aryl methyl sites for hydroxylation is 1. The molecule has 3 rings (SSSR count). The topological polar surface area (TPSA) is 89.2 Å². The summed E-state index contributed by atoms with van der Waals surface area (Å²) < 4.78 is 2.00. The van der Waals surface area contributed by atoms with Gasteiger partial charge in [-0.1, -0.05) is 24.6 Å². The predicted molar refractivity (Wildman–Crippen MR) is 113 cm³/mol. The Bertz CT molecular complexity index is 978. The molecule has 2 aromatic carbocycles. The Balaban J connectivity index is 1.37. The van der Waals surface area contributed by atoms with Crippen LogP contribution in [0.2, 0.25) is 0 Å². The van der Waals surface area contributed by atoms with Gasteiger partial charge >= 0.3 is 0 Å². The molecule has 4 N–H and O–H groups in total. The smallest absolute Gasteiger partial charge is 0.251 e. The number of nitrogens with zero attached hydrogens (tertiary/aromatic N) is 1. The fourth-order valence-corrected chi connectivity index (χ4v) is 3.21. The summed E-state index contributed by atoms with van der Waals surface area (Å²) in [6.07, 6.45) is 4.86. The standard InChI is InChI=1S/C22H26N4O2/c1-26-15-13-16-17(8-7-11-20(16)26)22(28)24-14-6-2-3-12-21(27)25-19-10-5-4-9-18(19)23/h4-5,7-11,13,15H,2-3,6,12,14,23H2,1H3,(H,24,28)(H,25,27). The predicted octanol–water partition coefficient (Wildman–Crippen LogP) is 3.69. The molecular formula is C22H26N4O2. The molecule has 6 heteroatoms. The fourth-order valence-electron chi connectivity index (χ4n) is 3.21. The lowest BCUT2D eigenvalue weighted by atomic mass is 10.1. The minimum Gasteiger partial charge on any atom is -0.397 e. The van der Waals surface area contributed by atoms with Crippen LogP contribution in [0.25, 0.3) is 10.9 Å². The number of aromatic nitrogens is 1. The second kappa shape index (κ2) is 9.08. The van der Waals surface area contributed by atoms with E-state index in [-0.39, 0.29) is 11.8 Å². The molecule has 0 aliphatic carbocycles. The number of unbranched alkanes of at least 4 members (excludes halogenated alkanes) is 2. The van der Waals surface area contributed by atoms with Crippen LogP contribution in [0.15, 0.2) is 54.7 Å². The zero-order valence-electron chi connectivity index (χ0n) is 16.1. The number of para-hydroxylation sites is 2. The highest BCUT2D eigenvalue weighted by molar-refractivity contribution is 6.06. The van der Waals surface area contributed by atoms with Crippen molar-refractivity contribution in [2.75, 3.05) is 17.6 Å². The number of carbonyl (C=O) groups is 2. The van der Waals surface area contributed by atoms with Crippen LogP contribution in [-0.2, 0) is 11.8 Å². The number of carbonyl (C=O) groups excluding carboxylic acids is 2. The Kier molecular flexibility index (Phi) is 6.32. The molecule has 1 aromatic heterocycles. The summed E-state index contributed by atoms with van der Waals surface area (Å²) in [5.74, 6) is -0.105. The summed E-state index contributed by atoms with van der Waals surface area (Å²) in [6.45, 7) is 0.593. The van der Waals surface area contributed by atoms with Gasteiger partial charge in [-0.2, -0.15) is 0 Å². The van der Waals surface area contributed by atoms with Gasteiger partial charge in [0.05, 0.1) is 11.4 Å². The largest absolute Gasteiger partial charge is 0.397 e. The van der Waals surface area contributed by atoms with Gasteiger partial charge in [-0.3, -0.25) is 9.59 Å². The van der Waals surface area contributed by atoms with Gasteiger partial charge < -0.3 is 20.9 Å². The molecule has 2 amide bonds. The first-order chi connectivity index (χ1) is 13.6. The molecule has 0 unspecified atom stereocenters. The monoisotopic (exact) mass is 378 g/mol. The number of nitrogens with two attached hydrogens (primary N) is 1. The Labute approximate surface area is 164 Å². The average molecular weight is 378 g/mol. The van der Waals surface area contributed by atoms with Gasteiger partial charge in [0.2, 0.25) is 5.91 Å². The lowest BCUT2D eigenvalue weighted by Crippen LogP contribution is -2.24. The molecule has 6 nitrogen and oxygen atoms in total. The summed E-state index contributed by atoms with van der Waals surface area (Å²) in [4.78, 5) is 24.4. The summed E-state index contributed by atoms with van der Waals surface area (Å²) >= 11 is 0. The number of rotatable bonds is 8. The highest BCUT2D eigenvalue weighted by Gasteiger charge is 2.11. The number of nitrogen functional groups attached to an aromatic ring is 1. The van der Waals surface area contributed by atoms with Crippen molar-refractivity contribution >= 4 is 34.1 Å². The van der Waals surface area contributed by atoms with Crippen LogP contribution in [0.5, 0.6) is 0 Å². The first-order valence-corrected chi connectivity index (χ1v) is 9.53. The fraction of sp³-hybridized carbons (Fsp3) is 0.273. The van der Waals surface area contributed by atoms with E-state index in [1.54, 1.807) is 12.1 Å². The third-order valence-corrected chi connectivity index (χ3v) is 4.77. The minimum absolute atomic E-state index is 0.0438. The van der Waals surface area contributed by atoms with Crippen LogP contribution >= 0.6 is 0 Å². The molecule has 0 saturated carbocycles. The molecule has 1 heterocycles. The Morgan fingerprint density at radius 2 is 1.82 bits per heavy atom. The van der Waals surface area contributed by atoms with E-state index in [4.69, 9.17) is 5.73 Å². The molecule has 0 atom stereocenters. The maximum Gasteiger partial charge on any atom is 0.251 e. The average Bonchev–Trinajstić information content (AvgIpc) is 3.07.